The summed E-state index contributed by atoms with van der Waals surface area (Å²) in [5, 5.41) is 0. The third-order valence-corrected chi connectivity index (χ3v) is 3.62. The van der Waals surface area contributed by atoms with Crippen molar-refractivity contribution >= 4 is 0 Å². The molecule has 1 heterocycles. The fourth-order valence-electron chi connectivity index (χ4n) is 2.54. The van der Waals surface area contributed by atoms with Crippen LogP contribution in [0.1, 0.15) is 42.5 Å². The molecule has 0 N–H and O–H groups in total. The molecule has 1 atom stereocenters. The second-order valence-corrected chi connectivity index (χ2v) is 5.29. The molecule has 0 aliphatic carbocycles. The zero-order chi connectivity index (χ0) is 13.5. The highest BCUT2D eigenvalue weighted by molar-refractivity contribution is 5.38. The molecule has 1 nitrogen and oxygen atoms in total. The van der Waals surface area contributed by atoms with Gasteiger partial charge in [-0.15, -0.1) is 0 Å². The Morgan fingerprint density at radius 1 is 1.28 bits per heavy atom. The third-order valence-electron chi connectivity index (χ3n) is 3.62. The quantitative estimate of drug-likeness (QED) is 0.737. The maximum Gasteiger partial charge on any atom is 0.408 e. The SMILES string of the molecule is CC(C)c1ccc2c(c1)C(C(F)(F)F)N(C)CC2. The molecule has 100 valence electrons. The number of rotatable bonds is 1. The highest BCUT2D eigenvalue weighted by atomic mass is 19.4. The molecule has 1 aromatic rings. The van der Waals surface area contributed by atoms with E-state index in [2.05, 4.69) is 0 Å². The highest BCUT2D eigenvalue weighted by Gasteiger charge is 2.45. The number of benzene rings is 1. The molecular weight excluding hydrogens is 239 g/mol. The maximum absolute atomic E-state index is 13.2. The van der Waals surface area contributed by atoms with Crippen LogP contribution in [0.5, 0.6) is 0 Å². The van der Waals surface area contributed by atoms with Crippen LogP contribution in [0, 0.1) is 0 Å². The summed E-state index contributed by atoms with van der Waals surface area (Å²) in [6.45, 7) is 4.45. The molecule has 0 fully saturated rings. The van der Waals surface area contributed by atoms with E-state index >= 15 is 0 Å². The lowest BCUT2D eigenvalue weighted by atomic mass is 9.88. The largest absolute Gasteiger partial charge is 0.408 e. The Balaban J connectivity index is 2.50. The molecule has 0 bridgehead atoms. The summed E-state index contributed by atoms with van der Waals surface area (Å²) < 4.78 is 39.5. The molecule has 0 spiro atoms. The van der Waals surface area contributed by atoms with E-state index in [0.29, 0.717) is 18.5 Å². The Hall–Kier alpha value is -1.03. The van der Waals surface area contributed by atoms with Crippen molar-refractivity contribution in [1.82, 2.24) is 4.90 Å². The van der Waals surface area contributed by atoms with E-state index in [-0.39, 0.29) is 5.92 Å². The summed E-state index contributed by atoms with van der Waals surface area (Å²) in [6.07, 6.45) is -3.52. The first-order valence-corrected chi connectivity index (χ1v) is 6.20. The van der Waals surface area contributed by atoms with Gasteiger partial charge in [0.05, 0.1) is 0 Å². The van der Waals surface area contributed by atoms with Crippen LogP contribution >= 0.6 is 0 Å². The molecule has 0 amide bonds. The standard InChI is InChI=1S/C14H18F3N/c1-9(2)11-5-4-10-6-7-18(3)13(12(10)8-11)14(15,16)17/h4-5,8-9,13H,6-7H2,1-3H3. The number of halogens is 3. The zero-order valence-electron chi connectivity index (χ0n) is 10.9. The van der Waals surface area contributed by atoms with Crippen molar-refractivity contribution in [2.24, 2.45) is 0 Å². The fourth-order valence-corrected chi connectivity index (χ4v) is 2.54. The Kier molecular flexibility index (Phi) is 3.41. The summed E-state index contributed by atoms with van der Waals surface area (Å²) in [6, 6.07) is 4.08. The molecule has 1 aliphatic rings. The van der Waals surface area contributed by atoms with E-state index in [4.69, 9.17) is 0 Å². The van der Waals surface area contributed by atoms with Crippen LogP contribution in [0.25, 0.3) is 0 Å². The van der Waals surface area contributed by atoms with Crippen molar-refractivity contribution in [3.63, 3.8) is 0 Å². The van der Waals surface area contributed by atoms with Gasteiger partial charge in [0.15, 0.2) is 0 Å². The van der Waals surface area contributed by atoms with Gasteiger partial charge in [0.1, 0.15) is 6.04 Å². The van der Waals surface area contributed by atoms with Gasteiger partial charge >= 0.3 is 6.18 Å². The first kappa shape index (κ1) is 13.4. The van der Waals surface area contributed by atoms with Crippen LogP contribution in [0.2, 0.25) is 0 Å². The predicted molar refractivity (Wildman–Crippen MR) is 65.7 cm³/mol. The minimum Gasteiger partial charge on any atom is -0.291 e. The van der Waals surface area contributed by atoms with Crippen LogP contribution in [0.15, 0.2) is 18.2 Å². The normalized spacial score (nSPS) is 21.2. The minimum atomic E-state index is -4.21. The lowest BCUT2D eigenvalue weighted by Crippen LogP contribution is -2.40. The highest BCUT2D eigenvalue weighted by Crippen LogP contribution is 2.41. The summed E-state index contributed by atoms with van der Waals surface area (Å²) in [7, 11) is 1.54. The molecule has 2 rings (SSSR count). The van der Waals surface area contributed by atoms with Crippen LogP contribution in [-0.4, -0.2) is 24.7 Å². The Morgan fingerprint density at radius 3 is 2.50 bits per heavy atom. The van der Waals surface area contributed by atoms with Gasteiger partial charge in [-0.3, -0.25) is 4.90 Å². The summed E-state index contributed by atoms with van der Waals surface area (Å²) >= 11 is 0. The van der Waals surface area contributed by atoms with Crippen LogP contribution in [-0.2, 0) is 6.42 Å². The van der Waals surface area contributed by atoms with E-state index in [1.165, 1.54) is 4.90 Å². The number of hydrogen-bond donors (Lipinski definition) is 0. The second kappa shape index (κ2) is 4.57. The van der Waals surface area contributed by atoms with Gasteiger partial charge in [-0.05, 0) is 36.1 Å². The molecule has 1 unspecified atom stereocenters. The lowest BCUT2D eigenvalue weighted by Gasteiger charge is -2.36. The first-order valence-electron chi connectivity index (χ1n) is 6.20. The van der Waals surface area contributed by atoms with Gasteiger partial charge in [-0.2, -0.15) is 13.2 Å². The zero-order valence-corrected chi connectivity index (χ0v) is 10.9. The van der Waals surface area contributed by atoms with Crippen molar-refractivity contribution in [3.05, 3.63) is 34.9 Å². The van der Waals surface area contributed by atoms with Gasteiger partial charge < -0.3 is 0 Å². The van der Waals surface area contributed by atoms with Gasteiger partial charge in [0.25, 0.3) is 0 Å². The van der Waals surface area contributed by atoms with Crippen molar-refractivity contribution in [1.29, 1.82) is 0 Å². The molecular formula is C14H18F3N. The van der Waals surface area contributed by atoms with E-state index in [9.17, 15) is 13.2 Å². The molecule has 4 heteroatoms. The van der Waals surface area contributed by atoms with Crippen LogP contribution in [0.3, 0.4) is 0 Å². The summed E-state index contributed by atoms with van der Waals surface area (Å²) in [5.41, 5.74) is 2.24. The number of alkyl halides is 3. The van der Waals surface area contributed by atoms with Crippen molar-refractivity contribution in [2.45, 2.75) is 38.4 Å². The van der Waals surface area contributed by atoms with E-state index < -0.39 is 12.2 Å². The van der Waals surface area contributed by atoms with E-state index in [1.54, 1.807) is 13.1 Å². The number of nitrogens with zero attached hydrogens (tertiary/aromatic N) is 1. The summed E-state index contributed by atoms with van der Waals surface area (Å²) in [5.74, 6) is 0.247. The molecule has 18 heavy (non-hydrogen) atoms. The predicted octanol–water partition coefficient (Wildman–Crippen LogP) is 3.90. The lowest BCUT2D eigenvalue weighted by molar-refractivity contribution is -0.185. The fraction of sp³-hybridized carbons (Fsp3) is 0.571. The van der Waals surface area contributed by atoms with E-state index in [0.717, 1.165) is 11.1 Å². The minimum absolute atomic E-state index is 0.247. The molecule has 0 aromatic heterocycles. The second-order valence-electron chi connectivity index (χ2n) is 5.29. The molecule has 1 aliphatic heterocycles. The molecule has 0 saturated carbocycles. The third kappa shape index (κ3) is 2.39. The van der Waals surface area contributed by atoms with Crippen LogP contribution in [0.4, 0.5) is 13.2 Å². The topological polar surface area (TPSA) is 3.24 Å². The van der Waals surface area contributed by atoms with Crippen molar-refractivity contribution in [3.8, 4) is 0 Å². The van der Waals surface area contributed by atoms with Gasteiger partial charge in [-0.25, -0.2) is 0 Å². The van der Waals surface area contributed by atoms with Crippen LogP contribution < -0.4 is 0 Å². The molecule has 0 saturated heterocycles. The number of hydrogen-bond acceptors (Lipinski definition) is 1. The Morgan fingerprint density at radius 2 is 1.94 bits per heavy atom. The number of likely N-dealkylation sites (N-methyl/N-ethyl adjacent to an activating group) is 1. The smallest absolute Gasteiger partial charge is 0.291 e. The van der Waals surface area contributed by atoms with Gasteiger partial charge in [0.2, 0.25) is 0 Å². The van der Waals surface area contributed by atoms with E-state index in [1.807, 2.05) is 26.0 Å². The Labute approximate surface area is 106 Å². The first-order chi connectivity index (χ1) is 8.30. The monoisotopic (exact) mass is 257 g/mol. The van der Waals surface area contributed by atoms with Gasteiger partial charge in [-0.1, -0.05) is 32.0 Å². The van der Waals surface area contributed by atoms with Gasteiger partial charge in [0, 0.05) is 6.54 Å². The average molecular weight is 257 g/mol. The summed E-state index contributed by atoms with van der Waals surface area (Å²) in [4.78, 5) is 1.40. The average Bonchev–Trinajstić information content (AvgIpc) is 2.25. The number of fused-ring (bicyclic) bond motifs is 1. The van der Waals surface area contributed by atoms with Crippen molar-refractivity contribution < 1.29 is 13.2 Å². The molecule has 0 radical (unpaired) electrons. The Bertz CT molecular complexity index is 437. The molecule has 1 aromatic carbocycles. The van der Waals surface area contributed by atoms with Crippen molar-refractivity contribution in [2.75, 3.05) is 13.6 Å². The maximum atomic E-state index is 13.2.